The second-order valence-corrected chi connectivity index (χ2v) is 7.77. The third-order valence-corrected chi connectivity index (χ3v) is 5.66. The largest absolute Gasteiger partial charge is 0.497 e. The average Bonchev–Trinajstić information content (AvgIpc) is 3.24. The highest BCUT2D eigenvalue weighted by atomic mass is 35.5. The van der Waals surface area contributed by atoms with E-state index in [4.69, 9.17) is 16.3 Å². The van der Waals surface area contributed by atoms with Crippen molar-refractivity contribution in [2.45, 2.75) is 19.0 Å². The van der Waals surface area contributed by atoms with E-state index in [9.17, 15) is 0 Å². The Kier molecular flexibility index (Phi) is 6.23. The highest BCUT2D eigenvalue weighted by molar-refractivity contribution is 6.32. The number of fused-ring (bicyclic) bond motifs is 1. The Balaban J connectivity index is 1.34. The molecule has 1 fully saturated rings. The van der Waals surface area contributed by atoms with Crippen molar-refractivity contribution in [1.29, 1.82) is 0 Å². The first-order chi connectivity index (χ1) is 14.7. The Morgan fingerprint density at radius 2 is 2.07 bits per heavy atom. The summed E-state index contributed by atoms with van der Waals surface area (Å²) >= 11 is 6.29. The summed E-state index contributed by atoms with van der Waals surface area (Å²) in [4.78, 5) is 11.0. The van der Waals surface area contributed by atoms with Crippen molar-refractivity contribution in [3.05, 3.63) is 65.3 Å². The van der Waals surface area contributed by atoms with Crippen molar-refractivity contribution in [1.82, 2.24) is 15.6 Å². The molecule has 6 nitrogen and oxygen atoms in total. The zero-order valence-corrected chi connectivity index (χ0v) is 18.0. The van der Waals surface area contributed by atoms with E-state index >= 15 is 0 Å². The number of pyridine rings is 1. The van der Waals surface area contributed by atoms with Gasteiger partial charge >= 0.3 is 0 Å². The molecule has 2 N–H and O–H groups in total. The number of aliphatic imine (C=N–C) groups is 1. The Bertz CT molecular complexity index is 1050. The highest BCUT2D eigenvalue weighted by Gasteiger charge is 2.25. The van der Waals surface area contributed by atoms with Crippen molar-refractivity contribution in [2.75, 3.05) is 32.1 Å². The highest BCUT2D eigenvalue weighted by Crippen LogP contribution is 2.26. The van der Waals surface area contributed by atoms with Crippen LogP contribution in [0.1, 0.15) is 12.0 Å². The average molecular weight is 424 g/mol. The van der Waals surface area contributed by atoms with E-state index in [-0.39, 0.29) is 0 Å². The molecule has 0 saturated carbocycles. The van der Waals surface area contributed by atoms with E-state index in [2.05, 4.69) is 49.8 Å². The molecule has 4 rings (SSSR count). The number of methoxy groups -OCH3 is 1. The molecule has 1 saturated heterocycles. The fraction of sp³-hybridized carbons (Fsp3) is 0.304. The number of nitrogens with one attached hydrogen (secondary N) is 2. The molecule has 1 unspecified atom stereocenters. The van der Waals surface area contributed by atoms with Gasteiger partial charge in [0.2, 0.25) is 0 Å². The van der Waals surface area contributed by atoms with Gasteiger partial charge in [-0.15, -0.1) is 0 Å². The van der Waals surface area contributed by atoms with E-state index in [1.54, 1.807) is 20.4 Å². The summed E-state index contributed by atoms with van der Waals surface area (Å²) in [6.07, 6.45) is 2.79. The summed E-state index contributed by atoms with van der Waals surface area (Å²) in [6, 6.07) is 16.6. The number of nitrogens with zero attached hydrogens (tertiary/aromatic N) is 3. The van der Waals surface area contributed by atoms with E-state index in [1.165, 1.54) is 16.3 Å². The van der Waals surface area contributed by atoms with Crippen LogP contribution >= 0.6 is 11.6 Å². The quantitative estimate of drug-likeness (QED) is 0.482. The fourth-order valence-electron chi connectivity index (χ4n) is 3.76. The first-order valence-corrected chi connectivity index (χ1v) is 10.4. The number of rotatable bonds is 5. The van der Waals surface area contributed by atoms with Crippen LogP contribution in [-0.2, 0) is 6.54 Å². The maximum absolute atomic E-state index is 6.29. The van der Waals surface area contributed by atoms with Crippen LogP contribution in [0, 0.1) is 0 Å². The topological polar surface area (TPSA) is 61.8 Å². The van der Waals surface area contributed by atoms with Gasteiger partial charge in [-0.1, -0.05) is 29.8 Å². The van der Waals surface area contributed by atoms with Gasteiger partial charge in [0.1, 0.15) is 11.6 Å². The Labute approximate surface area is 181 Å². The summed E-state index contributed by atoms with van der Waals surface area (Å²) in [6.45, 7) is 2.46. The van der Waals surface area contributed by atoms with Crippen molar-refractivity contribution in [3.63, 3.8) is 0 Å². The monoisotopic (exact) mass is 423 g/mol. The SMILES string of the molecule is CN=C(NCc1ccc2cc(OC)ccc2c1)NC1CCN(c2ncccc2Cl)C1. The normalized spacial score (nSPS) is 16.7. The number of anilines is 1. The summed E-state index contributed by atoms with van der Waals surface area (Å²) in [5.41, 5.74) is 1.20. The van der Waals surface area contributed by atoms with Gasteiger partial charge in [-0.2, -0.15) is 0 Å². The number of benzene rings is 2. The van der Waals surface area contributed by atoms with Gasteiger partial charge in [0.05, 0.1) is 12.1 Å². The molecule has 1 aliphatic rings. The maximum atomic E-state index is 6.29. The van der Waals surface area contributed by atoms with Crippen molar-refractivity contribution < 1.29 is 4.74 Å². The molecule has 2 heterocycles. The van der Waals surface area contributed by atoms with Crippen LogP contribution in [0.3, 0.4) is 0 Å². The lowest BCUT2D eigenvalue weighted by Gasteiger charge is -2.20. The molecule has 0 amide bonds. The smallest absolute Gasteiger partial charge is 0.191 e. The molecule has 0 aliphatic carbocycles. The second kappa shape index (κ2) is 9.22. The summed E-state index contributed by atoms with van der Waals surface area (Å²) < 4.78 is 5.30. The van der Waals surface area contributed by atoms with Crippen LogP contribution in [0.2, 0.25) is 5.02 Å². The minimum Gasteiger partial charge on any atom is -0.497 e. The minimum absolute atomic E-state index is 0.290. The van der Waals surface area contributed by atoms with Crippen LogP contribution in [0.15, 0.2) is 59.7 Å². The lowest BCUT2D eigenvalue weighted by Crippen LogP contribution is -2.44. The molecule has 2 aromatic carbocycles. The minimum atomic E-state index is 0.290. The molecule has 156 valence electrons. The van der Waals surface area contributed by atoms with Crippen LogP contribution in [-0.4, -0.2) is 44.2 Å². The molecule has 30 heavy (non-hydrogen) atoms. The van der Waals surface area contributed by atoms with Gasteiger partial charge in [0.25, 0.3) is 0 Å². The second-order valence-electron chi connectivity index (χ2n) is 7.36. The summed E-state index contributed by atoms with van der Waals surface area (Å²) in [7, 11) is 3.48. The molecule has 0 bridgehead atoms. The van der Waals surface area contributed by atoms with Gasteiger partial charge in [0, 0.05) is 38.9 Å². The van der Waals surface area contributed by atoms with Gasteiger partial charge in [-0.25, -0.2) is 4.98 Å². The van der Waals surface area contributed by atoms with Crippen LogP contribution < -0.4 is 20.3 Å². The zero-order valence-electron chi connectivity index (χ0n) is 17.2. The van der Waals surface area contributed by atoms with Crippen LogP contribution in [0.25, 0.3) is 10.8 Å². The molecule has 7 heteroatoms. The molecule has 0 radical (unpaired) electrons. The third-order valence-electron chi connectivity index (χ3n) is 5.36. The van der Waals surface area contributed by atoms with E-state index in [0.29, 0.717) is 17.6 Å². The number of aromatic nitrogens is 1. The number of halogens is 1. The van der Waals surface area contributed by atoms with Crippen molar-refractivity contribution in [3.8, 4) is 5.75 Å². The number of guanidine groups is 1. The Morgan fingerprint density at radius 1 is 1.23 bits per heavy atom. The first kappa shape index (κ1) is 20.3. The third kappa shape index (κ3) is 4.60. The van der Waals surface area contributed by atoms with E-state index < -0.39 is 0 Å². The van der Waals surface area contributed by atoms with E-state index in [1.807, 2.05) is 24.3 Å². The molecule has 0 spiro atoms. The molecule has 1 aliphatic heterocycles. The predicted octanol–water partition coefficient (Wildman–Crippen LogP) is 3.84. The Morgan fingerprint density at radius 3 is 2.87 bits per heavy atom. The first-order valence-electron chi connectivity index (χ1n) is 10.1. The molecular formula is C23H26ClN5O. The summed E-state index contributed by atoms with van der Waals surface area (Å²) in [5, 5.41) is 9.98. The predicted molar refractivity (Wildman–Crippen MR) is 124 cm³/mol. The Hall–Kier alpha value is -2.99. The summed E-state index contributed by atoms with van der Waals surface area (Å²) in [5.74, 6) is 2.51. The molecule has 1 atom stereocenters. The molecular weight excluding hydrogens is 398 g/mol. The van der Waals surface area contributed by atoms with Crippen molar-refractivity contribution >= 4 is 34.2 Å². The number of ether oxygens (including phenoxy) is 1. The standard InChI is InChI=1S/C23H26ClN5O/c1-25-23(28-19-9-11-29(15-19)22-21(24)4-3-10-26-22)27-14-16-5-6-18-13-20(30-2)8-7-17(18)12-16/h3-8,10,12-13,19H,9,11,14-15H2,1-2H3,(H2,25,27,28). The van der Waals surface area contributed by atoms with Gasteiger partial charge in [-0.3, -0.25) is 4.99 Å². The lowest BCUT2D eigenvalue weighted by atomic mass is 10.1. The fourth-order valence-corrected chi connectivity index (χ4v) is 4.01. The molecule has 1 aromatic heterocycles. The van der Waals surface area contributed by atoms with Crippen molar-refractivity contribution in [2.24, 2.45) is 4.99 Å². The zero-order chi connectivity index (χ0) is 20.9. The number of hydrogen-bond donors (Lipinski definition) is 2. The van der Waals surface area contributed by atoms with Gasteiger partial charge in [-0.05, 0) is 53.1 Å². The van der Waals surface area contributed by atoms with E-state index in [0.717, 1.165) is 37.0 Å². The van der Waals surface area contributed by atoms with Gasteiger partial charge in [0.15, 0.2) is 5.96 Å². The molecule has 3 aromatic rings. The lowest BCUT2D eigenvalue weighted by molar-refractivity contribution is 0.415. The van der Waals surface area contributed by atoms with Gasteiger partial charge < -0.3 is 20.3 Å². The number of hydrogen-bond acceptors (Lipinski definition) is 4. The van der Waals surface area contributed by atoms with Crippen LogP contribution in [0.5, 0.6) is 5.75 Å². The van der Waals surface area contributed by atoms with Crippen LogP contribution in [0.4, 0.5) is 5.82 Å². The maximum Gasteiger partial charge on any atom is 0.191 e.